The minimum absolute atomic E-state index is 0.0161. The number of alkyl carbamates (subject to hydrolysis) is 1. The molecule has 0 spiro atoms. The highest BCUT2D eigenvalue weighted by Crippen LogP contribution is 2.50. The number of unbranched alkanes of at least 4 members (excludes halogenated alkanes) is 1. The molecule has 4 aliphatic heterocycles. The number of anilines is 1. The topological polar surface area (TPSA) is 567 Å². The number of nitrogens with two attached hydrogens (primary N) is 3. The molecule has 2 aliphatic carbocycles. The molecule has 44 heteroatoms. The SMILES string of the molecule is CCN(C(=O)OCc1ccc(NC(=O)[C@H](CCCNC(N)=O)NC(=O)[C@@H](NC(=O)[C@H](CCCCN)NC(C)=O)C(C)C)cc1)[C@H]1CO[C@@H](O[C@H]2[C@H](O[C@H]3C#CC=CC#C[C@]4(O)CC(=O)C(NC(=O)OC)=C3/C4=C\CSSC(C)(C)CC(N)=O)O[C@H](C)[C@@H](NO[C@H]3C[C@H](O)[C@H](SC(=O)c4c(C)c(I)c(O[C@@H]5O[C@@H](C)[C@H](O)[C@@H](OC)[C@H]5O)c(OC)c4OC)[C@@H](C)O3)[C@@H]2O)C[C@@H]1OC. The highest BCUT2D eigenvalue weighted by Gasteiger charge is 2.53. The van der Waals surface area contributed by atoms with Crippen molar-refractivity contribution in [2.24, 2.45) is 23.1 Å². The standard InChI is InChI=1S/C86H122IN11O29S3/c1-16-98(84(112)120-40-48-27-29-49(30-28-48)93-76(106)52(25-23-34-91-82(90)110)94-78(108)64(42(2)3)95-77(107)51(92-47(8)99)24-20-22-33-88)53-41-119-59(37-57(53)114-11)125-73-68(104)65(44(5)122-81(73)124-56-26-19-17-18-21-32-86(113)38-55(101)66(96-83(111)118-15)62(56)50(86)31-35-128-130-85(9,10)39-58(89)102)97-127-60-36-54(100)75(46(7)121-60)129-79(109)61-43(4)63(87)71(74(117-14)70(61)115-12)126-80-69(105)72(116-13)67(103)45(6)123-80/h17-18,27-31,42,44-46,51-54,56-57,59-60,64-65,67-69,72-73,75,80-81,97,100,103-105,113H,16,20,22-25,33-41,88H2,1-15H3,(H2,89,102)(H,92,99)(H,93,106)(H,94,108)(H,95,107)(H,96,111)(H3,90,91,110)/b18-17?,50-31+/t44-,45+,46-,51+,52+,53+,54+,56+,57+,59+,60+,64+,65-,67+,68+,69-,72-,73-,75-,80+,81+,86+/m1/s1. The molecule has 4 fully saturated rings. The van der Waals surface area contributed by atoms with Crippen LogP contribution >= 0.6 is 55.9 Å². The number of allylic oxidation sites excluding steroid dienone is 3. The number of Topliss-reactive ketones (excluding diaryl/α,β-unsaturated/α-hetero) is 1. The number of thioether (sulfide) groups is 1. The number of nitrogens with one attached hydrogen (secondary N) is 7. The van der Waals surface area contributed by atoms with Crippen LogP contribution in [-0.4, -0.2) is 295 Å². The van der Waals surface area contributed by atoms with E-state index in [0.717, 1.165) is 18.9 Å². The molecule has 130 heavy (non-hydrogen) atoms. The van der Waals surface area contributed by atoms with Crippen LogP contribution in [0.2, 0.25) is 0 Å². The Morgan fingerprint density at radius 1 is 0.785 bits per heavy atom. The molecule has 22 atom stereocenters. The monoisotopic (exact) mass is 2000 g/mol. The number of primary amides is 2. The number of benzene rings is 2. The van der Waals surface area contributed by atoms with Crippen LogP contribution in [0.3, 0.4) is 0 Å². The number of carbonyl (C=O) groups is 10. The van der Waals surface area contributed by atoms with Crippen molar-refractivity contribution >= 4 is 120 Å². The number of hydrogen-bond acceptors (Lipinski definition) is 34. The number of aliphatic hydroxyl groups excluding tert-OH is 4. The van der Waals surface area contributed by atoms with E-state index < -0.39 is 215 Å². The predicted octanol–water partition coefficient (Wildman–Crippen LogP) is 3.27. The van der Waals surface area contributed by atoms with Gasteiger partial charge in [0.15, 0.2) is 41.8 Å². The van der Waals surface area contributed by atoms with Gasteiger partial charge in [0, 0.05) is 80.8 Å². The summed E-state index contributed by atoms with van der Waals surface area (Å²) in [5, 5.41) is 73.8. The van der Waals surface area contributed by atoms with Gasteiger partial charge < -0.3 is 136 Å². The second kappa shape index (κ2) is 50.2. The Hall–Kier alpha value is -8.18. The van der Waals surface area contributed by atoms with Crippen LogP contribution in [-0.2, 0) is 87.6 Å². The van der Waals surface area contributed by atoms with Crippen LogP contribution in [0, 0.1) is 40.1 Å². The van der Waals surface area contributed by atoms with E-state index in [4.69, 9.17) is 83.6 Å². The number of rotatable bonds is 42. The van der Waals surface area contributed by atoms with Crippen LogP contribution in [0.1, 0.15) is 142 Å². The number of hydrogen-bond donors (Lipinski definition) is 15. The summed E-state index contributed by atoms with van der Waals surface area (Å²) in [6.45, 7) is 16.4. The average Bonchev–Trinajstić information content (AvgIpc) is 0.745. The number of urea groups is 1. The lowest BCUT2D eigenvalue weighted by atomic mass is 9.75. The average molecular weight is 2000 g/mol. The molecule has 40 nitrogen and oxygen atoms in total. The maximum Gasteiger partial charge on any atom is 0.411 e. The van der Waals surface area contributed by atoms with E-state index in [1.807, 2.05) is 36.4 Å². The molecule has 0 aromatic heterocycles. The maximum absolute atomic E-state index is 14.7. The van der Waals surface area contributed by atoms with Gasteiger partial charge >= 0.3 is 18.2 Å². The number of ketones is 1. The molecule has 4 saturated heterocycles. The van der Waals surface area contributed by atoms with Gasteiger partial charge in [-0.05, 0) is 151 Å². The molecule has 0 saturated carbocycles. The number of amides is 9. The number of fused-ring (bicyclic) bond motifs is 2. The third-order valence-corrected chi connectivity index (χ3v) is 27.9. The lowest BCUT2D eigenvalue weighted by Crippen LogP contribution is -2.65. The van der Waals surface area contributed by atoms with Crippen molar-refractivity contribution in [1.29, 1.82) is 0 Å². The number of nitrogens with zero attached hydrogens (tertiary/aromatic N) is 1. The van der Waals surface area contributed by atoms with Gasteiger partial charge in [0.1, 0.15) is 61.4 Å². The second-order valence-electron chi connectivity index (χ2n) is 32.5. The Kier molecular flexibility index (Phi) is 41.4. The Labute approximate surface area is 780 Å². The fraction of sp³-hybridized carbons (Fsp3) is 0.628. The summed E-state index contributed by atoms with van der Waals surface area (Å²) < 4.78 is 78.9. The van der Waals surface area contributed by atoms with Crippen molar-refractivity contribution in [1.82, 2.24) is 37.0 Å². The summed E-state index contributed by atoms with van der Waals surface area (Å²) in [5.74, 6) is 7.30. The molecule has 18 N–H and O–H groups in total. The van der Waals surface area contributed by atoms with E-state index in [1.165, 1.54) is 74.0 Å². The van der Waals surface area contributed by atoms with Crippen molar-refractivity contribution in [3.8, 4) is 40.9 Å². The van der Waals surface area contributed by atoms with Crippen molar-refractivity contribution in [3.63, 3.8) is 0 Å². The third kappa shape index (κ3) is 28.7. The van der Waals surface area contributed by atoms with E-state index in [1.54, 1.807) is 78.8 Å². The molecule has 2 aromatic carbocycles. The van der Waals surface area contributed by atoms with Gasteiger partial charge in [-0.25, -0.2) is 14.4 Å². The fourth-order valence-electron chi connectivity index (χ4n) is 15.4. The summed E-state index contributed by atoms with van der Waals surface area (Å²) in [6.07, 6.45) is -16.5. The molecule has 720 valence electrons. The Morgan fingerprint density at radius 3 is 2.10 bits per heavy atom. The Balaban J connectivity index is 1.02. The fourth-order valence-corrected chi connectivity index (χ4v) is 19.5. The molecule has 6 aliphatic rings. The van der Waals surface area contributed by atoms with Gasteiger partial charge in [-0.3, -0.25) is 43.7 Å². The smallest absolute Gasteiger partial charge is 0.411 e. The highest BCUT2D eigenvalue weighted by atomic mass is 127. The number of methoxy groups -OCH3 is 5. The van der Waals surface area contributed by atoms with Crippen LogP contribution in [0.5, 0.6) is 17.2 Å². The molecule has 9 amide bonds. The normalized spacial score (nSPS) is 27.7. The van der Waals surface area contributed by atoms with Crippen molar-refractivity contribution in [2.75, 3.05) is 72.9 Å². The summed E-state index contributed by atoms with van der Waals surface area (Å²) >= 11 is 2.74. The Bertz CT molecular complexity index is 4520. The first-order valence-electron chi connectivity index (χ1n) is 42.3. The zero-order valence-electron chi connectivity index (χ0n) is 75.2. The minimum atomic E-state index is -2.26. The molecule has 0 radical (unpaired) electrons. The number of likely N-dealkylation sites (N-methyl/N-ethyl adjacent to an activating group) is 1. The van der Waals surface area contributed by atoms with Gasteiger partial charge in [-0.2, -0.15) is 5.48 Å². The lowest BCUT2D eigenvalue weighted by Gasteiger charge is -2.47. The summed E-state index contributed by atoms with van der Waals surface area (Å²) in [7, 11) is 9.08. The molecule has 2 bridgehead atoms. The minimum Gasteiger partial charge on any atom is -0.492 e. The maximum atomic E-state index is 14.7. The van der Waals surface area contributed by atoms with Crippen LogP contribution < -0.4 is 68.8 Å². The molecular formula is C86H122IN11O29S3. The lowest BCUT2D eigenvalue weighted by molar-refractivity contribution is -0.337. The Morgan fingerprint density at radius 2 is 1.47 bits per heavy atom. The number of halogens is 1. The molecule has 0 unspecified atom stereocenters. The molecule has 8 rings (SSSR count). The van der Waals surface area contributed by atoms with Gasteiger partial charge in [0.05, 0.1) is 97.0 Å². The van der Waals surface area contributed by atoms with E-state index in [-0.39, 0.29) is 110 Å². The number of aliphatic hydroxyl groups is 5. The van der Waals surface area contributed by atoms with Crippen LogP contribution in [0.4, 0.5) is 20.1 Å². The third-order valence-electron chi connectivity index (χ3n) is 22.1. The zero-order chi connectivity index (χ0) is 95.8. The summed E-state index contributed by atoms with van der Waals surface area (Å²) in [4.78, 5) is 142. The van der Waals surface area contributed by atoms with Gasteiger partial charge in [-0.1, -0.05) is 89.1 Å². The number of ether oxygens (including phenoxy) is 13. The zero-order valence-corrected chi connectivity index (χ0v) is 79.8. The van der Waals surface area contributed by atoms with Gasteiger partial charge in [0.25, 0.3) is 0 Å². The van der Waals surface area contributed by atoms with Crippen LogP contribution in [0.15, 0.2) is 59.3 Å². The van der Waals surface area contributed by atoms with E-state index >= 15 is 0 Å². The van der Waals surface area contributed by atoms with Gasteiger partial charge in [0.2, 0.25) is 46.7 Å². The van der Waals surface area contributed by atoms with Crippen molar-refractivity contribution in [3.05, 3.63) is 79.6 Å². The second-order valence-corrected chi connectivity index (χ2v) is 37.8. The quantitative estimate of drug-likeness (QED) is 0.0149. The molecule has 2 aromatic rings. The van der Waals surface area contributed by atoms with E-state index in [0.29, 0.717) is 34.1 Å². The molecular weight excluding hydrogens is 1870 g/mol. The first-order chi connectivity index (χ1) is 61.7. The van der Waals surface area contributed by atoms with Gasteiger partial charge in [-0.15, -0.1) is 0 Å². The first-order valence-corrected chi connectivity index (χ1v) is 46.6. The summed E-state index contributed by atoms with van der Waals surface area (Å²) in [5.41, 5.74) is 17.8. The van der Waals surface area contributed by atoms with E-state index in [9.17, 15) is 73.5 Å². The van der Waals surface area contributed by atoms with E-state index in [2.05, 4.69) is 61.1 Å². The number of carbonyl (C=O) groups excluding carboxylic acids is 10. The first kappa shape index (κ1) is 107. The van der Waals surface area contributed by atoms with Crippen molar-refractivity contribution in [2.45, 2.75) is 272 Å². The largest absolute Gasteiger partial charge is 0.492 e. The predicted molar refractivity (Wildman–Crippen MR) is 484 cm³/mol. The molecule has 4 heterocycles. The summed E-state index contributed by atoms with van der Waals surface area (Å²) in [6, 6.07) is 0.0917. The highest BCUT2D eigenvalue weighted by molar-refractivity contribution is 14.1. The number of hydroxylamine groups is 1. The van der Waals surface area contributed by atoms with Crippen LogP contribution in [0.25, 0.3) is 0 Å². The van der Waals surface area contributed by atoms with Crippen molar-refractivity contribution < 1.29 is 140 Å².